The van der Waals surface area contributed by atoms with E-state index in [4.69, 9.17) is 9.84 Å². The third kappa shape index (κ3) is 3.48. The molecule has 1 rings (SSSR count). The molecule has 0 heterocycles. The number of ether oxygens (including phenoxy) is 1. The van der Waals surface area contributed by atoms with Crippen molar-refractivity contribution in [2.45, 2.75) is 24.3 Å². The number of carboxylic acids is 1. The van der Waals surface area contributed by atoms with Gasteiger partial charge in [0, 0.05) is 12.6 Å². The number of hydrogen-bond acceptors (Lipinski definition) is 4. The zero-order valence-electron chi connectivity index (χ0n) is 11.6. The van der Waals surface area contributed by atoms with E-state index in [0.717, 1.165) is 26.1 Å². The van der Waals surface area contributed by atoms with E-state index in [-0.39, 0.29) is 5.75 Å². The summed E-state index contributed by atoms with van der Waals surface area (Å²) in [4.78, 5) is 10.2. The average molecular weight is 323 g/mol. The molecule has 0 saturated carbocycles. The standard InChI is InChI=1S/C12H15F2NO5S/c1-7(12(16)17)15(2)21(18,19)10-5-4-8(20-3)6-9(10)11(13)14/h4-7,11H,1-3H3,(H,16,17)/t7-/m0/s1. The lowest BCUT2D eigenvalue weighted by Crippen LogP contribution is -2.40. The number of aliphatic carboxylic acids is 1. The molecule has 0 aromatic heterocycles. The molecule has 6 nitrogen and oxygen atoms in total. The van der Waals surface area contributed by atoms with Crippen molar-refractivity contribution in [1.29, 1.82) is 0 Å². The summed E-state index contributed by atoms with van der Waals surface area (Å²) < 4.78 is 56.0. The summed E-state index contributed by atoms with van der Waals surface area (Å²) in [5, 5.41) is 8.85. The van der Waals surface area contributed by atoms with E-state index >= 15 is 0 Å². The first kappa shape index (κ1) is 17.3. The van der Waals surface area contributed by atoms with Gasteiger partial charge in [-0.1, -0.05) is 0 Å². The highest BCUT2D eigenvalue weighted by Gasteiger charge is 2.33. The minimum atomic E-state index is -4.37. The van der Waals surface area contributed by atoms with E-state index in [2.05, 4.69) is 0 Å². The van der Waals surface area contributed by atoms with Gasteiger partial charge >= 0.3 is 5.97 Å². The molecule has 0 radical (unpaired) electrons. The fourth-order valence-electron chi connectivity index (χ4n) is 1.58. The number of nitrogens with zero attached hydrogens (tertiary/aromatic N) is 1. The van der Waals surface area contributed by atoms with Crippen LogP contribution in [0.2, 0.25) is 0 Å². The maximum atomic E-state index is 13.0. The summed E-state index contributed by atoms with van der Waals surface area (Å²) in [5.41, 5.74) is -0.737. The second kappa shape index (κ2) is 6.35. The first-order chi connectivity index (χ1) is 9.62. The van der Waals surface area contributed by atoms with E-state index in [9.17, 15) is 22.0 Å². The fourth-order valence-corrected chi connectivity index (χ4v) is 3.08. The van der Waals surface area contributed by atoms with Gasteiger partial charge in [-0.3, -0.25) is 4.79 Å². The molecular weight excluding hydrogens is 308 g/mol. The molecule has 0 bridgehead atoms. The summed E-state index contributed by atoms with van der Waals surface area (Å²) in [6.07, 6.45) is -3.04. The van der Waals surface area contributed by atoms with Crippen LogP contribution in [0, 0.1) is 0 Å². The number of alkyl halides is 2. The van der Waals surface area contributed by atoms with E-state index in [1.165, 1.54) is 13.2 Å². The predicted octanol–water partition coefficient (Wildman–Crippen LogP) is 1.73. The van der Waals surface area contributed by atoms with Crippen LogP contribution in [0.3, 0.4) is 0 Å². The van der Waals surface area contributed by atoms with Crippen molar-refractivity contribution in [3.05, 3.63) is 23.8 Å². The normalized spacial score (nSPS) is 13.5. The van der Waals surface area contributed by atoms with Crippen molar-refractivity contribution in [3.8, 4) is 5.75 Å². The van der Waals surface area contributed by atoms with Crippen molar-refractivity contribution in [2.24, 2.45) is 0 Å². The molecule has 0 saturated heterocycles. The van der Waals surface area contributed by atoms with Crippen molar-refractivity contribution in [1.82, 2.24) is 4.31 Å². The molecule has 1 atom stereocenters. The topological polar surface area (TPSA) is 83.9 Å². The van der Waals surface area contributed by atoms with Crippen LogP contribution in [0.5, 0.6) is 5.75 Å². The lowest BCUT2D eigenvalue weighted by molar-refractivity contribution is -0.140. The van der Waals surface area contributed by atoms with Crippen LogP contribution >= 0.6 is 0 Å². The van der Waals surface area contributed by atoms with Crippen LogP contribution < -0.4 is 4.74 Å². The number of halogens is 2. The fraction of sp³-hybridized carbons (Fsp3) is 0.417. The molecule has 0 spiro atoms. The van der Waals surface area contributed by atoms with Crippen molar-refractivity contribution in [3.63, 3.8) is 0 Å². The van der Waals surface area contributed by atoms with Crippen LogP contribution in [0.15, 0.2) is 23.1 Å². The van der Waals surface area contributed by atoms with Gasteiger partial charge in [-0.05, 0) is 25.1 Å². The largest absolute Gasteiger partial charge is 0.497 e. The monoisotopic (exact) mass is 323 g/mol. The Labute approximate surface area is 121 Å². The molecular formula is C12H15F2NO5S. The lowest BCUT2D eigenvalue weighted by atomic mass is 10.2. The Bertz CT molecular complexity index is 633. The first-order valence-electron chi connectivity index (χ1n) is 5.79. The summed E-state index contributed by atoms with van der Waals surface area (Å²) in [5.74, 6) is -1.30. The van der Waals surface area contributed by atoms with Crippen molar-refractivity contribution in [2.75, 3.05) is 14.2 Å². The zero-order chi connectivity index (χ0) is 16.4. The molecule has 0 fully saturated rings. The quantitative estimate of drug-likeness (QED) is 0.862. The summed E-state index contributed by atoms with van der Waals surface area (Å²) in [6.45, 7) is 1.14. The van der Waals surface area contributed by atoms with Crippen molar-refractivity contribution >= 4 is 16.0 Å². The molecule has 0 amide bonds. The van der Waals surface area contributed by atoms with Crippen LogP contribution in [0.1, 0.15) is 18.9 Å². The number of likely N-dealkylation sites (N-methyl/N-ethyl adjacent to an activating group) is 1. The first-order valence-corrected chi connectivity index (χ1v) is 7.23. The highest BCUT2D eigenvalue weighted by molar-refractivity contribution is 7.89. The van der Waals surface area contributed by atoms with Gasteiger partial charge in [0.2, 0.25) is 10.0 Å². The van der Waals surface area contributed by atoms with Gasteiger partial charge in [0.25, 0.3) is 6.43 Å². The Kier molecular flexibility index (Phi) is 5.24. The van der Waals surface area contributed by atoms with Gasteiger partial charge in [0.15, 0.2) is 0 Å². The van der Waals surface area contributed by atoms with E-state index < -0.39 is 38.9 Å². The predicted molar refractivity (Wildman–Crippen MR) is 70.0 cm³/mol. The van der Waals surface area contributed by atoms with Crippen LogP contribution in [0.25, 0.3) is 0 Å². The van der Waals surface area contributed by atoms with Crippen LogP contribution in [0.4, 0.5) is 8.78 Å². The van der Waals surface area contributed by atoms with Crippen LogP contribution in [-0.4, -0.2) is 44.0 Å². The SMILES string of the molecule is COc1ccc(S(=O)(=O)N(C)[C@@H](C)C(=O)O)c(C(F)F)c1. The van der Waals surface area contributed by atoms with Gasteiger partial charge in [-0.15, -0.1) is 0 Å². The smallest absolute Gasteiger partial charge is 0.321 e. The number of rotatable bonds is 6. The molecule has 0 aliphatic heterocycles. The molecule has 21 heavy (non-hydrogen) atoms. The molecule has 1 N–H and O–H groups in total. The number of carbonyl (C=O) groups is 1. The molecule has 9 heteroatoms. The second-order valence-corrected chi connectivity index (χ2v) is 6.21. The Hall–Kier alpha value is -1.74. The third-order valence-electron chi connectivity index (χ3n) is 3.01. The summed E-state index contributed by atoms with van der Waals surface area (Å²) >= 11 is 0. The zero-order valence-corrected chi connectivity index (χ0v) is 12.4. The van der Waals surface area contributed by atoms with E-state index in [0.29, 0.717) is 4.31 Å². The Morgan fingerprint density at radius 2 is 1.95 bits per heavy atom. The number of carboxylic acid groups (broad SMARTS) is 1. The summed E-state index contributed by atoms with van der Waals surface area (Å²) in [6, 6.07) is 1.72. The number of hydrogen-bond donors (Lipinski definition) is 1. The average Bonchev–Trinajstić information content (AvgIpc) is 2.44. The molecule has 0 aliphatic carbocycles. The number of sulfonamides is 1. The van der Waals surface area contributed by atoms with Crippen molar-refractivity contribution < 1.29 is 31.8 Å². The van der Waals surface area contributed by atoms with Gasteiger partial charge < -0.3 is 9.84 Å². The Morgan fingerprint density at radius 3 is 2.38 bits per heavy atom. The maximum Gasteiger partial charge on any atom is 0.321 e. The molecule has 1 aromatic carbocycles. The lowest BCUT2D eigenvalue weighted by Gasteiger charge is -2.22. The maximum absolute atomic E-state index is 13.0. The van der Waals surface area contributed by atoms with Gasteiger partial charge in [-0.25, -0.2) is 17.2 Å². The molecule has 118 valence electrons. The Balaban J connectivity index is 3.41. The summed E-state index contributed by atoms with van der Waals surface area (Å²) in [7, 11) is -2.08. The molecule has 0 unspecified atom stereocenters. The third-order valence-corrected chi connectivity index (χ3v) is 5.01. The van der Waals surface area contributed by atoms with Gasteiger partial charge in [-0.2, -0.15) is 4.31 Å². The highest BCUT2D eigenvalue weighted by atomic mass is 32.2. The number of methoxy groups -OCH3 is 1. The second-order valence-electron chi connectivity index (χ2n) is 4.24. The minimum Gasteiger partial charge on any atom is -0.497 e. The van der Waals surface area contributed by atoms with E-state index in [1.54, 1.807) is 0 Å². The van der Waals surface area contributed by atoms with E-state index in [1.807, 2.05) is 0 Å². The van der Waals surface area contributed by atoms with Crippen LogP contribution in [-0.2, 0) is 14.8 Å². The molecule has 1 aromatic rings. The van der Waals surface area contributed by atoms with Gasteiger partial charge in [0.1, 0.15) is 11.8 Å². The van der Waals surface area contributed by atoms with Gasteiger partial charge in [0.05, 0.1) is 12.0 Å². The minimum absolute atomic E-state index is 0.0817. The highest BCUT2D eigenvalue weighted by Crippen LogP contribution is 2.32. The Morgan fingerprint density at radius 1 is 1.38 bits per heavy atom. The number of benzene rings is 1. The molecule has 0 aliphatic rings.